The Balaban J connectivity index is 1.60. The Kier molecular flexibility index (Phi) is 6.00. The van der Waals surface area contributed by atoms with E-state index in [0.29, 0.717) is 11.1 Å². The smallest absolute Gasteiger partial charge is 0.277 e. The molecule has 0 fully saturated rings. The average Bonchev–Trinajstić information content (AvgIpc) is 3.08. The van der Waals surface area contributed by atoms with Crippen LogP contribution in [0.2, 0.25) is 0 Å². The molecule has 0 unspecified atom stereocenters. The highest BCUT2D eigenvalue weighted by molar-refractivity contribution is 7.99. The van der Waals surface area contributed by atoms with Crippen molar-refractivity contribution in [2.45, 2.75) is 24.0 Å². The molecule has 26 heavy (non-hydrogen) atoms. The van der Waals surface area contributed by atoms with Crippen molar-refractivity contribution in [2.24, 2.45) is 0 Å². The fourth-order valence-electron chi connectivity index (χ4n) is 2.51. The third-order valence-corrected chi connectivity index (χ3v) is 5.10. The molecule has 0 atom stereocenters. The third-order valence-electron chi connectivity index (χ3n) is 3.56. The maximum atomic E-state index is 12.1. The van der Waals surface area contributed by atoms with Gasteiger partial charge in [-0.25, -0.2) is 0 Å². The van der Waals surface area contributed by atoms with Gasteiger partial charge in [-0.15, -0.1) is 22.0 Å². The number of aryl methyl sites for hydroxylation is 2. The van der Waals surface area contributed by atoms with Crippen LogP contribution in [-0.2, 0) is 4.79 Å². The first-order valence-electron chi connectivity index (χ1n) is 8.02. The first kappa shape index (κ1) is 18.5. The number of thioether (sulfide) groups is 2. The van der Waals surface area contributed by atoms with Gasteiger partial charge in [0.1, 0.15) is 0 Å². The van der Waals surface area contributed by atoms with Crippen LogP contribution in [0.1, 0.15) is 11.1 Å². The van der Waals surface area contributed by atoms with Gasteiger partial charge in [-0.1, -0.05) is 35.0 Å². The topological polar surface area (TPSA) is 68.0 Å². The SMILES string of the molecule is CSc1cccc(NC(=O)CSc2nnc(-c3cc(C)cc(C)c3)o2)c1. The number of carbonyl (C=O) groups excluding carboxylic acids is 1. The van der Waals surface area contributed by atoms with Gasteiger partial charge in [0.25, 0.3) is 5.22 Å². The Morgan fingerprint density at radius 2 is 1.88 bits per heavy atom. The van der Waals surface area contributed by atoms with E-state index in [1.165, 1.54) is 11.8 Å². The number of rotatable bonds is 6. The van der Waals surface area contributed by atoms with Crippen LogP contribution in [0.4, 0.5) is 5.69 Å². The van der Waals surface area contributed by atoms with Gasteiger partial charge in [-0.05, 0) is 50.4 Å². The summed E-state index contributed by atoms with van der Waals surface area (Å²) in [7, 11) is 0. The van der Waals surface area contributed by atoms with E-state index >= 15 is 0 Å². The second-order valence-corrected chi connectivity index (χ2v) is 7.62. The van der Waals surface area contributed by atoms with Crippen LogP contribution in [0.15, 0.2) is 57.0 Å². The van der Waals surface area contributed by atoms with Gasteiger partial charge in [0.15, 0.2) is 0 Å². The molecule has 2 aromatic carbocycles. The molecule has 1 aromatic heterocycles. The van der Waals surface area contributed by atoms with E-state index in [-0.39, 0.29) is 11.7 Å². The highest BCUT2D eigenvalue weighted by Crippen LogP contribution is 2.25. The first-order valence-corrected chi connectivity index (χ1v) is 10.2. The van der Waals surface area contributed by atoms with Crippen LogP contribution in [0.5, 0.6) is 0 Å². The molecule has 0 saturated heterocycles. The van der Waals surface area contributed by atoms with E-state index in [9.17, 15) is 4.79 Å². The summed E-state index contributed by atoms with van der Waals surface area (Å²) >= 11 is 2.86. The standard InChI is InChI=1S/C19H19N3O2S2/c1-12-7-13(2)9-14(8-12)18-21-22-19(24-18)26-11-17(23)20-15-5-4-6-16(10-15)25-3/h4-10H,11H2,1-3H3,(H,20,23). The predicted octanol–water partition coefficient (Wildman–Crippen LogP) is 4.81. The third kappa shape index (κ3) is 4.89. The molecular formula is C19H19N3O2S2. The van der Waals surface area contributed by atoms with Crippen molar-refractivity contribution in [3.63, 3.8) is 0 Å². The molecular weight excluding hydrogens is 366 g/mol. The lowest BCUT2D eigenvalue weighted by Gasteiger charge is -2.05. The van der Waals surface area contributed by atoms with Gasteiger partial charge < -0.3 is 9.73 Å². The van der Waals surface area contributed by atoms with Crippen molar-refractivity contribution in [2.75, 3.05) is 17.3 Å². The maximum absolute atomic E-state index is 12.1. The molecule has 134 valence electrons. The zero-order valence-electron chi connectivity index (χ0n) is 14.8. The largest absolute Gasteiger partial charge is 0.411 e. The van der Waals surface area contributed by atoms with Gasteiger partial charge in [-0.3, -0.25) is 4.79 Å². The lowest BCUT2D eigenvalue weighted by Crippen LogP contribution is -2.13. The molecule has 3 aromatic rings. The molecule has 0 spiro atoms. The van der Waals surface area contributed by atoms with Crippen molar-refractivity contribution in [1.29, 1.82) is 0 Å². The Labute approximate surface area is 161 Å². The molecule has 0 aliphatic rings. The number of hydrogen-bond donors (Lipinski definition) is 1. The summed E-state index contributed by atoms with van der Waals surface area (Å²) in [6.07, 6.45) is 2.00. The van der Waals surface area contributed by atoms with E-state index in [0.717, 1.165) is 27.3 Å². The summed E-state index contributed by atoms with van der Waals surface area (Å²) in [4.78, 5) is 13.2. The van der Waals surface area contributed by atoms with E-state index < -0.39 is 0 Å². The number of amides is 1. The van der Waals surface area contributed by atoms with Gasteiger partial charge >= 0.3 is 0 Å². The van der Waals surface area contributed by atoms with Gasteiger partial charge in [0, 0.05) is 16.1 Å². The lowest BCUT2D eigenvalue weighted by molar-refractivity contribution is -0.113. The quantitative estimate of drug-likeness (QED) is 0.614. The number of hydrogen-bond acceptors (Lipinski definition) is 6. The van der Waals surface area contributed by atoms with Crippen LogP contribution in [0, 0.1) is 13.8 Å². The van der Waals surface area contributed by atoms with E-state index in [1.807, 2.05) is 56.5 Å². The van der Waals surface area contributed by atoms with Crippen LogP contribution >= 0.6 is 23.5 Å². The summed E-state index contributed by atoms with van der Waals surface area (Å²) in [6.45, 7) is 4.05. The van der Waals surface area contributed by atoms with Gasteiger partial charge in [0.05, 0.1) is 5.75 Å². The molecule has 1 N–H and O–H groups in total. The zero-order chi connectivity index (χ0) is 18.5. The Hall–Kier alpha value is -2.25. The minimum absolute atomic E-state index is 0.112. The van der Waals surface area contributed by atoms with Crippen LogP contribution in [0.25, 0.3) is 11.5 Å². The first-order chi connectivity index (χ1) is 12.5. The summed E-state index contributed by atoms with van der Waals surface area (Å²) in [5.74, 6) is 0.560. The normalized spacial score (nSPS) is 10.7. The molecule has 3 rings (SSSR count). The molecule has 1 heterocycles. The number of aromatic nitrogens is 2. The summed E-state index contributed by atoms with van der Waals surface area (Å²) in [5.41, 5.74) is 3.95. The van der Waals surface area contributed by atoms with Crippen LogP contribution < -0.4 is 5.32 Å². The van der Waals surface area contributed by atoms with E-state index in [4.69, 9.17) is 4.42 Å². The highest BCUT2D eigenvalue weighted by Gasteiger charge is 2.12. The highest BCUT2D eigenvalue weighted by atomic mass is 32.2. The summed E-state index contributed by atoms with van der Waals surface area (Å²) in [6, 6.07) is 13.8. The Bertz CT molecular complexity index is 904. The predicted molar refractivity (Wildman–Crippen MR) is 107 cm³/mol. The Morgan fingerprint density at radius 3 is 2.62 bits per heavy atom. The summed E-state index contributed by atoms with van der Waals surface area (Å²) < 4.78 is 5.67. The number of carbonyl (C=O) groups is 1. The van der Waals surface area contributed by atoms with Gasteiger partial charge in [0.2, 0.25) is 11.8 Å². The number of nitrogens with one attached hydrogen (secondary N) is 1. The number of anilines is 1. The Morgan fingerprint density at radius 1 is 1.12 bits per heavy atom. The molecule has 0 aliphatic heterocycles. The molecule has 0 bridgehead atoms. The minimum atomic E-state index is -0.112. The molecule has 7 heteroatoms. The maximum Gasteiger partial charge on any atom is 0.277 e. The zero-order valence-corrected chi connectivity index (χ0v) is 16.4. The van der Waals surface area contributed by atoms with E-state index in [1.54, 1.807) is 11.8 Å². The minimum Gasteiger partial charge on any atom is -0.411 e. The van der Waals surface area contributed by atoms with Crippen molar-refractivity contribution >= 4 is 35.1 Å². The molecule has 0 saturated carbocycles. The average molecular weight is 386 g/mol. The van der Waals surface area contributed by atoms with Crippen molar-refractivity contribution in [3.8, 4) is 11.5 Å². The molecule has 0 radical (unpaired) electrons. The van der Waals surface area contributed by atoms with Crippen molar-refractivity contribution in [3.05, 3.63) is 53.6 Å². The van der Waals surface area contributed by atoms with Crippen molar-refractivity contribution < 1.29 is 9.21 Å². The second-order valence-electron chi connectivity index (χ2n) is 5.82. The van der Waals surface area contributed by atoms with Crippen molar-refractivity contribution in [1.82, 2.24) is 10.2 Å². The fourth-order valence-corrected chi connectivity index (χ4v) is 3.53. The van der Waals surface area contributed by atoms with E-state index in [2.05, 4.69) is 21.6 Å². The molecule has 5 nitrogen and oxygen atoms in total. The number of nitrogens with zero attached hydrogens (tertiary/aromatic N) is 2. The molecule has 0 aliphatic carbocycles. The van der Waals surface area contributed by atoms with Crippen LogP contribution in [0.3, 0.4) is 0 Å². The van der Waals surface area contributed by atoms with Crippen LogP contribution in [-0.4, -0.2) is 28.1 Å². The number of benzene rings is 2. The lowest BCUT2D eigenvalue weighted by atomic mass is 10.1. The second kappa shape index (κ2) is 8.42. The van der Waals surface area contributed by atoms with Gasteiger partial charge in [-0.2, -0.15) is 0 Å². The summed E-state index contributed by atoms with van der Waals surface area (Å²) in [5, 5.41) is 11.4. The molecule has 1 amide bonds. The fraction of sp³-hybridized carbons (Fsp3) is 0.211. The monoisotopic (exact) mass is 385 g/mol.